The number of carbonyl (C=O) groups excluding carboxylic acids is 1. The fourth-order valence-corrected chi connectivity index (χ4v) is 3.13. The molecule has 6 nitrogen and oxygen atoms in total. The van der Waals surface area contributed by atoms with Crippen molar-refractivity contribution in [2.45, 2.75) is 51.6 Å². The Labute approximate surface area is 203 Å². The second-order valence-corrected chi connectivity index (χ2v) is 7.93. The zero-order valence-corrected chi connectivity index (χ0v) is 20.3. The van der Waals surface area contributed by atoms with Crippen LogP contribution in [0.5, 0.6) is 17.2 Å². The van der Waals surface area contributed by atoms with Crippen LogP contribution in [0.1, 0.15) is 50.5 Å². The molecular formula is C28H38O6. The lowest BCUT2D eigenvalue weighted by molar-refractivity contribution is -0.143. The average Bonchev–Trinajstić information content (AvgIpc) is 2.86. The summed E-state index contributed by atoms with van der Waals surface area (Å²) in [5, 5.41) is 0. The topological polar surface area (TPSA) is 63.2 Å². The predicted molar refractivity (Wildman–Crippen MR) is 134 cm³/mol. The molecular weight excluding hydrogens is 432 g/mol. The number of hydrogen-bond donors (Lipinski definition) is 0. The monoisotopic (exact) mass is 470 g/mol. The van der Waals surface area contributed by atoms with Crippen LogP contribution in [0, 0.1) is 0 Å². The predicted octanol–water partition coefficient (Wildman–Crippen LogP) is 6.13. The fraction of sp³-hybridized carbons (Fsp3) is 0.464. The van der Waals surface area contributed by atoms with Gasteiger partial charge in [-0.3, -0.25) is 4.79 Å². The lowest BCUT2D eigenvalue weighted by Gasteiger charge is -2.10. The van der Waals surface area contributed by atoms with E-state index in [-0.39, 0.29) is 19.0 Å². The second kappa shape index (κ2) is 17.5. The summed E-state index contributed by atoms with van der Waals surface area (Å²) in [5.74, 6) is 2.24. The molecule has 0 heterocycles. The Morgan fingerprint density at radius 1 is 0.706 bits per heavy atom. The molecule has 6 heteroatoms. The summed E-state index contributed by atoms with van der Waals surface area (Å²) in [7, 11) is 1.74. The third-order valence-corrected chi connectivity index (χ3v) is 5.05. The highest BCUT2D eigenvalue weighted by Gasteiger charge is 2.02. The molecule has 0 N–H and O–H groups in total. The van der Waals surface area contributed by atoms with Crippen molar-refractivity contribution < 1.29 is 28.5 Å². The van der Waals surface area contributed by atoms with E-state index in [1.807, 2.05) is 48.5 Å². The van der Waals surface area contributed by atoms with Gasteiger partial charge in [-0.1, -0.05) is 24.6 Å². The second-order valence-electron chi connectivity index (χ2n) is 7.93. The van der Waals surface area contributed by atoms with Crippen LogP contribution in [0.15, 0.2) is 61.2 Å². The van der Waals surface area contributed by atoms with Crippen molar-refractivity contribution in [2.75, 3.05) is 33.5 Å². The molecule has 0 saturated heterocycles. The van der Waals surface area contributed by atoms with Gasteiger partial charge in [0.1, 0.15) is 23.9 Å². The van der Waals surface area contributed by atoms with E-state index in [1.54, 1.807) is 7.11 Å². The van der Waals surface area contributed by atoms with Crippen molar-refractivity contribution in [3.8, 4) is 17.2 Å². The summed E-state index contributed by atoms with van der Waals surface area (Å²) >= 11 is 0. The molecule has 0 aliphatic carbocycles. The van der Waals surface area contributed by atoms with Crippen molar-refractivity contribution in [2.24, 2.45) is 0 Å². The Morgan fingerprint density at radius 3 is 1.62 bits per heavy atom. The van der Waals surface area contributed by atoms with Crippen molar-refractivity contribution in [3.63, 3.8) is 0 Å². The van der Waals surface area contributed by atoms with E-state index < -0.39 is 0 Å². The summed E-state index contributed by atoms with van der Waals surface area (Å²) < 4.78 is 27.5. The van der Waals surface area contributed by atoms with Gasteiger partial charge in [-0.25, -0.2) is 0 Å². The van der Waals surface area contributed by atoms with Crippen LogP contribution < -0.4 is 14.2 Å². The number of rotatable bonds is 19. The van der Waals surface area contributed by atoms with Gasteiger partial charge in [0.15, 0.2) is 0 Å². The minimum absolute atomic E-state index is 0.223. The molecule has 0 unspecified atom stereocenters. The zero-order chi connectivity index (χ0) is 24.3. The highest BCUT2D eigenvalue weighted by atomic mass is 16.5. The summed E-state index contributed by atoms with van der Waals surface area (Å²) in [5.41, 5.74) is 0.924. The first kappa shape index (κ1) is 27.3. The number of unbranched alkanes of at least 4 members (excludes halogenated alkanes) is 4. The summed E-state index contributed by atoms with van der Waals surface area (Å²) in [6, 6.07) is 15.4. The van der Waals surface area contributed by atoms with E-state index in [0.29, 0.717) is 13.2 Å². The van der Waals surface area contributed by atoms with E-state index in [2.05, 4.69) is 6.58 Å². The van der Waals surface area contributed by atoms with Gasteiger partial charge < -0.3 is 23.7 Å². The van der Waals surface area contributed by atoms with E-state index >= 15 is 0 Å². The molecule has 0 atom stereocenters. The molecule has 0 fully saturated rings. The number of carbonyl (C=O) groups is 1. The van der Waals surface area contributed by atoms with Crippen LogP contribution in [0.4, 0.5) is 0 Å². The van der Waals surface area contributed by atoms with Gasteiger partial charge in [0.05, 0.1) is 26.2 Å². The minimum Gasteiger partial charge on any atom is -0.494 e. The van der Waals surface area contributed by atoms with Crippen molar-refractivity contribution in [3.05, 3.63) is 66.7 Å². The molecule has 0 aliphatic heterocycles. The maximum absolute atomic E-state index is 11.4. The van der Waals surface area contributed by atoms with Crippen LogP contribution >= 0.6 is 0 Å². The first-order chi connectivity index (χ1) is 16.7. The van der Waals surface area contributed by atoms with Crippen LogP contribution in [0.25, 0.3) is 0 Å². The number of benzene rings is 2. The standard InChI is InChI=1S/C28H38O6/c1-3-10-28(29)34-23-24-11-13-25(14-12-24)32-21-8-9-22-33-27-17-15-26(16-18-27)31-20-7-5-4-6-19-30-2/h3,11-18H,1,4-10,19-23H2,2H3. The van der Waals surface area contributed by atoms with Gasteiger partial charge in [-0.15, -0.1) is 6.58 Å². The molecule has 2 aromatic carbocycles. The lowest BCUT2D eigenvalue weighted by atomic mass is 10.2. The summed E-state index contributed by atoms with van der Waals surface area (Å²) in [4.78, 5) is 11.4. The largest absolute Gasteiger partial charge is 0.494 e. The maximum atomic E-state index is 11.4. The molecule has 0 aliphatic rings. The number of ether oxygens (including phenoxy) is 5. The van der Waals surface area contributed by atoms with Crippen molar-refractivity contribution in [1.82, 2.24) is 0 Å². The van der Waals surface area contributed by atoms with E-state index in [1.165, 1.54) is 12.5 Å². The number of hydrogen-bond acceptors (Lipinski definition) is 6. The molecule has 2 aromatic rings. The molecule has 0 aromatic heterocycles. The minimum atomic E-state index is -0.276. The van der Waals surface area contributed by atoms with Crippen LogP contribution in [0.3, 0.4) is 0 Å². The molecule has 34 heavy (non-hydrogen) atoms. The number of methoxy groups -OCH3 is 1. The quantitative estimate of drug-likeness (QED) is 0.140. The molecule has 0 saturated carbocycles. The third kappa shape index (κ3) is 12.3. The molecule has 0 radical (unpaired) electrons. The average molecular weight is 471 g/mol. The fourth-order valence-electron chi connectivity index (χ4n) is 3.13. The van der Waals surface area contributed by atoms with Crippen LogP contribution in [-0.2, 0) is 20.9 Å². The normalized spacial score (nSPS) is 10.5. The molecule has 0 spiro atoms. The smallest absolute Gasteiger partial charge is 0.309 e. The lowest BCUT2D eigenvalue weighted by Crippen LogP contribution is -2.04. The molecule has 0 bridgehead atoms. The first-order valence-electron chi connectivity index (χ1n) is 12.0. The molecule has 2 rings (SSSR count). The Bertz CT molecular complexity index is 801. The third-order valence-electron chi connectivity index (χ3n) is 5.05. The van der Waals surface area contributed by atoms with Crippen molar-refractivity contribution >= 4 is 5.97 Å². The Morgan fingerprint density at radius 2 is 1.15 bits per heavy atom. The van der Waals surface area contributed by atoms with Crippen LogP contribution in [0.2, 0.25) is 0 Å². The Balaban J connectivity index is 1.51. The van der Waals surface area contributed by atoms with E-state index in [0.717, 1.165) is 68.1 Å². The maximum Gasteiger partial charge on any atom is 0.309 e. The SMILES string of the molecule is C=CCC(=O)OCc1ccc(OCCCCOc2ccc(OCCCCCCOC)cc2)cc1. The summed E-state index contributed by atoms with van der Waals surface area (Å²) in [6.45, 7) is 6.61. The highest BCUT2D eigenvalue weighted by Crippen LogP contribution is 2.18. The molecule has 186 valence electrons. The van der Waals surface area contributed by atoms with Gasteiger partial charge in [-0.2, -0.15) is 0 Å². The first-order valence-corrected chi connectivity index (χ1v) is 12.0. The van der Waals surface area contributed by atoms with E-state index in [9.17, 15) is 4.79 Å². The van der Waals surface area contributed by atoms with Crippen LogP contribution in [-0.4, -0.2) is 39.5 Å². The Hall–Kier alpha value is -2.99. The van der Waals surface area contributed by atoms with Gasteiger partial charge in [0, 0.05) is 13.7 Å². The van der Waals surface area contributed by atoms with Gasteiger partial charge >= 0.3 is 5.97 Å². The van der Waals surface area contributed by atoms with Gasteiger partial charge in [-0.05, 0) is 74.1 Å². The summed E-state index contributed by atoms with van der Waals surface area (Å²) in [6.07, 6.45) is 8.05. The van der Waals surface area contributed by atoms with Gasteiger partial charge in [0.2, 0.25) is 0 Å². The van der Waals surface area contributed by atoms with Crippen molar-refractivity contribution in [1.29, 1.82) is 0 Å². The zero-order valence-electron chi connectivity index (χ0n) is 20.3. The molecule has 0 amide bonds. The van der Waals surface area contributed by atoms with Gasteiger partial charge in [0.25, 0.3) is 0 Å². The highest BCUT2D eigenvalue weighted by molar-refractivity contribution is 5.70. The Kier molecular flexibility index (Phi) is 14.0. The number of esters is 1. The van der Waals surface area contributed by atoms with E-state index in [4.69, 9.17) is 23.7 Å².